The molecule has 0 aromatic rings. The van der Waals surface area contributed by atoms with Crippen molar-refractivity contribution in [3.63, 3.8) is 0 Å². The topological polar surface area (TPSA) is 37.3 Å². The van der Waals surface area contributed by atoms with Crippen molar-refractivity contribution in [1.82, 2.24) is 0 Å². The monoisotopic (exact) mass is 284 g/mol. The molecule has 0 saturated heterocycles. The molecule has 0 fully saturated rings. The van der Waals surface area contributed by atoms with E-state index in [0.717, 1.165) is 25.5 Å². The van der Waals surface area contributed by atoms with E-state index in [9.17, 15) is 4.79 Å². The van der Waals surface area contributed by atoms with Crippen molar-refractivity contribution in [1.29, 1.82) is 0 Å². The van der Waals surface area contributed by atoms with Crippen LogP contribution in [0.15, 0.2) is 0 Å². The number of hydrogen-bond acceptors (Lipinski definition) is 2. The van der Waals surface area contributed by atoms with Crippen molar-refractivity contribution >= 4 is 6.29 Å². The Morgan fingerprint density at radius 3 is 1.10 bits per heavy atom. The molecule has 0 unspecified atom stereocenters. The van der Waals surface area contributed by atoms with E-state index in [2.05, 4.69) is 0 Å². The van der Waals surface area contributed by atoms with Crippen LogP contribution in [0.1, 0.15) is 103 Å². The van der Waals surface area contributed by atoms with Gasteiger partial charge in [0.25, 0.3) is 0 Å². The molecule has 0 amide bonds. The highest BCUT2D eigenvalue weighted by Gasteiger charge is 1.94. The molecule has 0 aliphatic carbocycles. The lowest BCUT2D eigenvalue weighted by atomic mass is 10.0. The summed E-state index contributed by atoms with van der Waals surface area (Å²) in [6, 6.07) is 0. The molecule has 0 aromatic heterocycles. The molecular weight excluding hydrogens is 248 g/mol. The number of aliphatic hydroxyl groups is 1. The van der Waals surface area contributed by atoms with Crippen molar-refractivity contribution in [3.8, 4) is 0 Å². The average Bonchev–Trinajstić information content (AvgIpc) is 2.47. The van der Waals surface area contributed by atoms with E-state index in [0.29, 0.717) is 6.61 Å². The highest BCUT2D eigenvalue weighted by Crippen LogP contribution is 2.13. The number of rotatable bonds is 17. The molecule has 0 heterocycles. The van der Waals surface area contributed by atoms with Gasteiger partial charge in [-0.15, -0.1) is 0 Å². The zero-order valence-corrected chi connectivity index (χ0v) is 13.5. The quantitative estimate of drug-likeness (QED) is 0.286. The summed E-state index contributed by atoms with van der Waals surface area (Å²) in [6.45, 7) is 0.358. The molecule has 0 rings (SSSR count). The van der Waals surface area contributed by atoms with Crippen LogP contribution in [0.3, 0.4) is 0 Å². The summed E-state index contributed by atoms with van der Waals surface area (Å²) in [6.07, 6.45) is 21.3. The first-order valence-corrected chi connectivity index (χ1v) is 8.96. The fourth-order valence-corrected chi connectivity index (χ4v) is 2.64. The van der Waals surface area contributed by atoms with E-state index >= 15 is 0 Å². The van der Waals surface area contributed by atoms with Crippen LogP contribution in [0.25, 0.3) is 0 Å². The van der Waals surface area contributed by atoms with Gasteiger partial charge in [0.15, 0.2) is 0 Å². The molecule has 0 aliphatic heterocycles. The number of hydrogen-bond donors (Lipinski definition) is 1. The van der Waals surface area contributed by atoms with Crippen molar-refractivity contribution in [2.45, 2.75) is 103 Å². The van der Waals surface area contributed by atoms with E-state index in [1.54, 1.807) is 0 Å². The predicted molar refractivity (Wildman–Crippen MR) is 87.0 cm³/mol. The summed E-state index contributed by atoms with van der Waals surface area (Å²) < 4.78 is 0. The van der Waals surface area contributed by atoms with Gasteiger partial charge < -0.3 is 9.90 Å². The van der Waals surface area contributed by atoms with Gasteiger partial charge in [0, 0.05) is 13.0 Å². The number of carbonyl (C=O) groups is 1. The molecule has 1 N–H and O–H groups in total. The van der Waals surface area contributed by atoms with Gasteiger partial charge in [0.2, 0.25) is 0 Å². The van der Waals surface area contributed by atoms with Crippen molar-refractivity contribution in [2.24, 2.45) is 0 Å². The molecule has 0 bridgehead atoms. The number of carbonyl (C=O) groups excluding carboxylic acids is 1. The number of aliphatic hydroxyl groups excluding tert-OH is 1. The Morgan fingerprint density at radius 2 is 0.800 bits per heavy atom. The van der Waals surface area contributed by atoms with Gasteiger partial charge in [-0.25, -0.2) is 0 Å². The second kappa shape index (κ2) is 18.6. The predicted octanol–water partition coefficient (Wildman–Crippen LogP) is 5.42. The van der Waals surface area contributed by atoms with Gasteiger partial charge in [-0.3, -0.25) is 0 Å². The van der Waals surface area contributed by atoms with Crippen LogP contribution >= 0.6 is 0 Å². The van der Waals surface area contributed by atoms with Gasteiger partial charge in [-0.2, -0.15) is 0 Å². The largest absolute Gasteiger partial charge is 0.396 e. The van der Waals surface area contributed by atoms with Crippen LogP contribution in [-0.2, 0) is 4.79 Å². The highest BCUT2D eigenvalue weighted by atomic mass is 16.2. The molecule has 0 saturated carbocycles. The Balaban J connectivity index is 2.90. The Labute approximate surface area is 126 Å². The summed E-state index contributed by atoms with van der Waals surface area (Å²) >= 11 is 0. The molecule has 0 radical (unpaired) electrons. The first kappa shape index (κ1) is 19.6. The Kier molecular flexibility index (Phi) is 18.3. The first-order chi connectivity index (χ1) is 9.91. The van der Waals surface area contributed by atoms with Gasteiger partial charge in [-0.1, -0.05) is 83.5 Å². The number of unbranched alkanes of at least 4 members (excludes halogenated alkanes) is 15. The standard InChI is InChI=1S/C18H36O2/c19-17-15-13-11-9-7-5-3-1-2-4-6-8-10-12-14-16-18-20/h17,20H,1-16,18H2. The van der Waals surface area contributed by atoms with E-state index < -0.39 is 0 Å². The molecule has 0 atom stereocenters. The average molecular weight is 284 g/mol. The van der Waals surface area contributed by atoms with Crippen LogP contribution in [-0.4, -0.2) is 18.0 Å². The minimum Gasteiger partial charge on any atom is -0.396 e. The van der Waals surface area contributed by atoms with Crippen LogP contribution in [0.2, 0.25) is 0 Å². The highest BCUT2D eigenvalue weighted by molar-refractivity contribution is 5.48. The third kappa shape index (κ3) is 17.6. The minimum atomic E-state index is 0.358. The maximum Gasteiger partial charge on any atom is 0.119 e. The lowest BCUT2D eigenvalue weighted by molar-refractivity contribution is -0.107. The fraction of sp³-hybridized carbons (Fsp3) is 0.944. The van der Waals surface area contributed by atoms with Gasteiger partial charge in [0.1, 0.15) is 6.29 Å². The van der Waals surface area contributed by atoms with E-state index in [-0.39, 0.29) is 0 Å². The maximum absolute atomic E-state index is 10.1. The third-order valence-electron chi connectivity index (χ3n) is 3.98. The van der Waals surface area contributed by atoms with Gasteiger partial charge >= 0.3 is 0 Å². The number of aldehydes is 1. The van der Waals surface area contributed by atoms with E-state index in [1.807, 2.05) is 0 Å². The molecule has 120 valence electrons. The first-order valence-electron chi connectivity index (χ1n) is 8.96. The second-order valence-electron chi connectivity index (χ2n) is 5.98. The molecule has 0 aliphatic rings. The third-order valence-corrected chi connectivity index (χ3v) is 3.98. The summed E-state index contributed by atoms with van der Waals surface area (Å²) in [7, 11) is 0. The van der Waals surface area contributed by atoms with Crippen molar-refractivity contribution < 1.29 is 9.90 Å². The SMILES string of the molecule is O=CCCCCCCCCCCCCCCCCCO. The smallest absolute Gasteiger partial charge is 0.119 e. The summed E-state index contributed by atoms with van der Waals surface area (Å²) in [4.78, 5) is 10.1. The minimum absolute atomic E-state index is 0.358. The lowest BCUT2D eigenvalue weighted by Crippen LogP contribution is -1.85. The Bertz CT molecular complexity index is 180. The molecule has 2 heteroatoms. The molecule has 0 spiro atoms. The Hall–Kier alpha value is -0.370. The van der Waals surface area contributed by atoms with Gasteiger partial charge in [0.05, 0.1) is 0 Å². The molecule has 0 aromatic carbocycles. The van der Waals surface area contributed by atoms with Crippen LogP contribution in [0.4, 0.5) is 0 Å². The molecular formula is C18H36O2. The molecule has 2 nitrogen and oxygen atoms in total. The van der Waals surface area contributed by atoms with E-state index in [4.69, 9.17) is 5.11 Å². The van der Waals surface area contributed by atoms with Crippen LogP contribution in [0, 0.1) is 0 Å². The van der Waals surface area contributed by atoms with Crippen molar-refractivity contribution in [3.05, 3.63) is 0 Å². The maximum atomic E-state index is 10.1. The fourth-order valence-electron chi connectivity index (χ4n) is 2.64. The van der Waals surface area contributed by atoms with Crippen LogP contribution in [0.5, 0.6) is 0 Å². The summed E-state index contributed by atoms with van der Waals surface area (Å²) in [5.41, 5.74) is 0. The second-order valence-corrected chi connectivity index (χ2v) is 5.98. The van der Waals surface area contributed by atoms with Crippen molar-refractivity contribution in [2.75, 3.05) is 6.61 Å². The Morgan fingerprint density at radius 1 is 0.500 bits per heavy atom. The van der Waals surface area contributed by atoms with Crippen LogP contribution < -0.4 is 0 Å². The van der Waals surface area contributed by atoms with Gasteiger partial charge in [-0.05, 0) is 12.8 Å². The normalized spacial score (nSPS) is 10.8. The molecule has 20 heavy (non-hydrogen) atoms. The summed E-state index contributed by atoms with van der Waals surface area (Å²) in [5.74, 6) is 0. The lowest BCUT2D eigenvalue weighted by Gasteiger charge is -2.03. The summed E-state index contributed by atoms with van der Waals surface area (Å²) in [5, 5.41) is 8.67. The zero-order valence-electron chi connectivity index (χ0n) is 13.5. The van der Waals surface area contributed by atoms with E-state index in [1.165, 1.54) is 83.5 Å². The zero-order chi connectivity index (χ0) is 14.7.